The maximum absolute atomic E-state index is 12.5. The Labute approximate surface area is 156 Å². The normalized spacial score (nSPS) is 11.4. The first-order valence-corrected chi connectivity index (χ1v) is 10.0. The molecule has 0 atom stereocenters. The second-order valence-electron chi connectivity index (χ2n) is 6.58. The number of benzene rings is 2. The number of amides is 1. The van der Waals surface area contributed by atoms with Crippen LogP contribution in [-0.2, 0) is 14.8 Å². The van der Waals surface area contributed by atoms with Gasteiger partial charge in [-0.15, -0.1) is 0 Å². The molecule has 5 nitrogen and oxygen atoms in total. The molecule has 0 aliphatic heterocycles. The zero-order chi connectivity index (χ0) is 19.5. The summed E-state index contributed by atoms with van der Waals surface area (Å²) in [6, 6.07) is 10.9. The third kappa shape index (κ3) is 4.51. The van der Waals surface area contributed by atoms with E-state index in [1.807, 2.05) is 32.9 Å². The summed E-state index contributed by atoms with van der Waals surface area (Å²) in [4.78, 5) is 14.1. The Kier molecular flexibility index (Phi) is 6.21. The van der Waals surface area contributed by atoms with Crippen LogP contribution in [0.15, 0.2) is 41.3 Å². The van der Waals surface area contributed by atoms with Crippen LogP contribution in [0.25, 0.3) is 0 Å². The summed E-state index contributed by atoms with van der Waals surface area (Å²) in [5.74, 6) is -0.116. The highest BCUT2D eigenvalue weighted by atomic mass is 32.2. The van der Waals surface area contributed by atoms with Crippen LogP contribution in [0.2, 0.25) is 0 Å². The molecule has 140 valence electrons. The number of anilines is 1. The quantitative estimate of drug-likeness (QED) is 0.844. The molecule has 0 bridgehead atoms. The zero-order valence-electron chi connectivity index (χ0n) is 16.0. The average Bonchev–Trinajstić information content (AvgIpc) is 2.52. The highest BCUT2D eigenvalue weighted by molar-refractivity contribution is 7.89. The van der Waals surface area contributed by atoms with Crippen molar-refractivity contribution in [3.05, 3.63) is 58.7 Å². The topological polar surface area (TPSA) is 66.5 Å². The van der Waals surface area contributed by atoms with E-state index in [2.05, 4.69) is 4.72 Å². The van der Waals surface area contributed by atoms with E-state index in [0.717, 1.165) is 22.4 Å². The SMILES string of the molecule is CC(=O)N(CCNS(=O)(=O)c1ccccc1C)c1c(C)cc(C)cc1C. The van der Waals surface area contributed by atoms with Crippen LogP contribution in [0, 0.1) is 27.7 Å². The highest BCUT2D eigenvalue weighted by Crippen LogP contribution is 2.26. The number of nitrogens with one attached hydrogen (secondary N) is 1. The van der Waals surface area contributed by atoms with E-state index in [4.69, 9.17) is 0 Å². The molecule has 0 aliphatic rings. The van der Waals surface area contributed by atoms with Crippen LogP contribution in [0.4, 0.5) is 5.69 Å². The summed E-state index contributed by atoms with van der Waals surface area (Å²) in [7, 11) is -3.61. The fourth-order valence-corrected chi connectivity index (χ4v) is 4.52. The largest absolute Gasteiger partial charge is 0.311 e. The van der Waals surface area contributed by atoms with E-state index in [-0.39, 0.29) is 23.9 Å². The van der Waals surface area contributed by atoms with Crippen LogP contribution in [0.1, 0.15) is 29.2 Å². The van der Waals surface area contributed by atoms with E-state index >= 15 is 0 Å². The lowest BCUT2D eigenvalue weighted by Gasteiger charge is -2.25. The first-order chi connectivity index (χ1) is 12.1. The van der Waals surface area contributed by atoms with Gasteiger partial charge in [-0.25, -0.2) is 13.1 Å². The number of sulfonamides is 1. The third-order valence-electron chi connectivity index (χ3n) is 4.30. The van der Waals surface area contributed by atoms with Gasteiger partial charge >= 0.3 is 0 Å². The summed E-state index contributed by atoms with van der Waals surface area (Å²) >= 11 is 0. The summed E-state index contributed by atoms with van der Waals surface area (Å²) < 4.78 is 27.6. The van der Waals surface area contributed by atoms with Crippen LogP contribution in [-0.4, -0.2) is 27.4 Å². The zero-order valence-corrected chi connectivity index (χ0v) is 16.8. The molecule has 0 aliphatic carbocycles. The van der Waals surface area contributed by atoms with Gasteiger partial charge in [0.25, 0.3) is 0 Å². The first kappa shape index (κ1) is 20.1. The van der Waals surface area contributed by atoms with E-state index in [9.17, 15) is 13.2 Å². The Morgan fingerprint density at radius 1 is 1.00 bits per heavy atom. The predicted octanol–water partition coefficient (Wildman–Crippen LogP) is 3.25. The molecule has 0 unspecified atom stereocenters. The van der Waals surface area contributed by atoms with E-state index in [0.29, 0.717) is 5.56 Å². The van der Waals surface area contributed by atoms with Gasteiger partial charge in [-0.05, 0) is 50.5 Å². The van der Waals surface area contributed by atoms with Crippen molar-refractivity contribution in [2.75, 3.05) is 18.0 Å². The standard InChI is InChI=1S/C20H26N2O3S/c1-14-12-16(3)20(17(4)13-14)22(18(5)23)11-10-21-26(24,25)19-9-7-6-8-15(19)2/h6-9,12-13,21H,10-11H2,1-5H3. The van der Waals surface area contributed by atoms with Gasteiger partial charge in [0.2, 0.25) is 15.9 Å². The Hall–Kier alpha value is -2.18. The molecule has 6 heteroatoms. The first-order valence-electron chi connectivity index (χ1n) is 8.54. The molecule has 2 aromatic rings. The van der Waals surface area contributed by atoms with E-state index < -0.39 is 10.0 Å². The van der Waals surface area contributed by atoms with Gasteiger partial charge in [0, 0.05) is 25.7 Å². The number of carbonyl (C=O) groups is 1. The molecule has 26 heavy (non-hydrogen) atoms. The van der Waals surface area contributed by atoms with Gasteiger partial charge in [-0.3, -0.25) is 4.79 Å². The van der Waals surface area contributed by atoms with Crippen LogP contribution < -0.4 is 9.62 Å². The minimum Gasteiger partial charge on any atom is -0.311 e. The second kappa shape index (κ2) is 8.01. The number of rotatable bonds is 6. The Balaban J connectivity index is 2.18. The molecule has 0 fully saturated rings. The summed E-state index contributed by atoms with van der Waals surface area (Å²) in [6.07, 6.45) is 0. The van der Waals surface area contributed by atoms with Crippen molar-refractivity contribution in [2.24, 2.45) is 0 Å². The number of carbonyl (C=O) groups excluding carboxylic acids is 1. The molecular formula is C20H26N2O3S. The Morgan fingerprint density at radius 3 is 2.12 bits per heavy atom. The van der Waals surface area contributed by atoms with Crippen molar-refractivity contribution in [2.45, 2.75) is 39.5 Å². The predicted molar refractivity (Wildman–Crippen MR) is 105 cm³/mol. The number of hydrogen-bond donors (Lipinski definition) is 1. The molecule has 0 heterocycles. The van der Waals surface area contributed by atoms with Gasteiger partial charge in [0.05, 0.1) is 4.90 Å². The van der Waals surface area contributed by atoms with Crippen molar-refractivity contribution in [3.63, 3.8) is 0 Å². The average molecular weight is 375 g/mol. The van der Waals surface area contributed by atoms with Crippen molar-refractivity contribution in [1.29, 1.82) is 0 Å². The molecule has 2 aromatic carbocycles. The second-order valence-corrected chi connectivity index (χ2v) is 8.32. The van der Waals surface area contributed by atoms with Gasteiger partial charge < -0.3 is 4.90 Å². The van der Waals surface area contributed by atoms with Crippen LogP contribution >= 0.6 is 0 Å². The third-order valence-corrected chi connectivity index (χ3v) is 5.92. The molecule has 1 amide bonds. The molecule has 1 N–H and O–H groups in total. The molecule has 0 saturated carbocycles. The molecule has 0 spiro atoms. The maximum Gasteiger partial charge on any atom is 0.240 e. The smallest absolute Gasteiger partial charge is 0.240 e. The number of hydrogen-bond acceptors (Lipinski definition) is 3. The Bertz CT molecular complexity index is 897. The lowest BCUT2D eigenvalue weighted by molar-refractivity contribution is -0.116. The van der Waals surface area contributed by atoms with E-state index in [1.54, 1.807) is 36.1 Å². The minimum atomic E-state index is -3.61. The molecule has 2 rings (SSSR count). The van der Waals surface area contributed by atoms with Gasteiger partial charge in [0.1, 0.15) is 0 Å². The molecule has 0 saturated heterocycles. The molecule has 0 radical (unpaired) electrons. The van der Waals surface area contributed by atoms with Crippen LogP contribution in [0.3, 0.4) is 0 Å². The van der Waals surface area contributed by atoms with Gasteiger partial charge in [-0.1, -0.05) is 35.9 Å². The number of aryl methyl sites for hydroxylation is 4. The summed E-state index contributed by atoms with van der Waals surface area (Å²) in [5.41, 5.74) is 4.67. The van der Waals surface area contributed by atoms with Crippen molar-refractivity contribution in [1.82, 2.24) is 4.72 Å². The van der Waals surface area contributed by atoms with Crippen molar-refractivity contribution < 1.29 is 13.2 Å². The maximum atomic E-state index is 12.5. The highest BCUT2D eigenvalue weighted by Gasteiger charge is 2.19. The fraction of sp³-hybridized carbons (Fsp3) is 0.350. The number of nitrogens with zero attached hydrogens (tertiary/aromatic N) is 1. The Morgan fingerprint density at radius 2 is 1.58 bits per heavy atom. The summed E-state index contributed by atoms with van der Waals surface area (Å²) in [6.45, 7) is 9.60. The molecular weight excluding hydrogens is 348 g/mol. The fourth-order valence-electron chi connectivity index (χ4n) is 3.25. The lowest BCUT2D eigenvalue weighted by atomic mass is 10.0. The monoisotopic (exact) mass is 374 g/mol. The van der Waals surface area contributed by atoms with E-state index in [1.165, 1.54) is 6.92 Å². The van der Waals surface area contributed by atoms with Gasteiger partial charge in [0.15, 0.2) is 0 Å². The lowest BCUT2D eigenvalue weighted by Crippen LogP contribution is -2.38. The summed E-state index contributed by atoms with van der Waals surface area (Å²) in [5, 5.41) is 0. The van der Waals surface area contributed by atoms with Gasteiger partial charge in [-0.2, -0.15) is 0 Å². The van der Waals surface area contributed by atoms with Crippen molar-refractivity contribution >= 4 is 21.6 Å². The molecule has 0 aromatic heterocycles. The van der Waals surface area contributed by atoms with Crippen molar-refractivity contribution in [3.8, 4) is 0 Å². The van der Waals surface area contributed by atoms with Crippen LogP contribution in [0.5, 0.6) is 0 Å². The minimum absolute atomic E-state index is 0.116.